The maximum Gasteiger partial charge on any atom is 0.164 e. The van der Waals surface area contributed by atoms with Gasteiger partial charge in [-0.05, 0) is 84.9 Å². The molecular weight excluding hydrogens is 701 g/mol. The van der Waals surface area contributed by atoms with Crippen LogP contribution in [-0.2, 0) is 0 Å². The van der Waals surface area contributed by atoms with Crippen molar-refractivity contribution in [1.82, 2.24) is 19.5 Å². The quantitative estimate of drug-likeness (QED) is 0.156. The van der Waals surface area contributed by atoms with Gasteiger partial charge in [-0.15, -0.1) is 10.0 Å². The molecule has 0 aliphatic carbocycles. The van der Waals surface area contributed by atoms with Crippen LogP contribution in [0, 0.1) is 0 Å². The van der Waals surface area contributed by atoms with Gasteiger partial charge in [0.25, 0.3) is 0 Å². The van der Waals surface area contributed by atoms with Gasteiger partial charge in [0, 0.05) is 52.7 Å². The summed E-state index contributed by atoms with van der Waals surface area (Å²) in [4.78, 5) is 20.0. The fourth-order valence-electron chi connectivity index (χ4n) is 7.81. The summed E-state index contributed by atoms with van der Waals surface area (Å²) in [6.45, 7) is 0. The van der Waals surface area contributed by atoms with Crippen LogP contribution < -0.4 is 0 Å². The summed E-state index contributed by atoms with van der Waals surface area (Å²) in [5.41, 5.74) is 6.21. The van der Waals surface area contributed by atoms with Gasteiger partial charge in [0.05, 0.1) is 11.0 Å². The van der Waals surface area contributed by atoms with Crippen molar-refractivity contribution >= 4 is 31.8 Å². The Bertz CT molecular complexity index is 2780. The van der Waals surface area contributed by atoms with E-state index in [1.807, 2.05) is 60.7 Å². The second-order valence-electron chi connectivity index (χ2n) is 13.7. The number of aromatic nitrogens is 4. The zero-order valence-corrected chi connectivity index (χ0v) is 31.3. The van der Waals surface area contributed by atoms with E-state index in [9.17, 15) is 0 Å². The first-order valence-corrected chi connectivity index (χ1v) is 20.4. The molecule has 0 fully saturated rings. The Morgan fingerprint density at radius 3 is 1.18 bits per heavy atom. The zero-order chi connectivity index (χ0) is 37.3. The predicted octanol–water partition coefficient (Wildman–Crippen LogP) is 13.3. The Kier molecular flexibility index (Phi) is 8.55. The normalized spacial score (nSPS) is 11.9. The fraction of sp³-hybridized carbons (Fsp3) is 0. The van der Waals surface area contributed by atoms with E-state index in [1.54, 1.807) is 0 Å². The summed E-state index contributed by atoms with van der Waals surface area (Å²) in [7, 11) is -1.84. The van der Waals surface area contributed by atoms with Gasteiger partial charge in [-0.25, -0.2) is 15.0 Å². The number of benzene rings is 8. The Morgan fingerprint density at radius 1 is 0.304 bits per heavy atom. The first kappa shape index (κ1) is 33.5. The molecule has 0 amide bonds. The van der Waals surface area contributed by atoms with Crippen molar-refractivity contribution in [1.29, 1.82) is 0 Å². The van der Waals surface area contributed by atoms with Crippen LogP contribution in [-0.4, -0.2) is 19.5 Å². The lowest BCUT2D eigenvalue weighted by atomic mass is 10.1. The van der Waals surface area contributed by atoms with Crippen LogP contribution in [0.15, 0.2) is 238 Å². The van der Waals surface area contributed by atoms with Crippen LogP contribution in [0.25, 0.3) is 61.7 Å². The minimum Gasteiger partial charge on any atom is -0.309 e. The average molecular weight is 737 g/mol. The Labute approximate surface area is 327 Å². The number of rotatable bonds is 8. The highest BCUT2D eigenvalue weighted by Crippen LogP contribution is 2.73. The molecule has 10 rings (SSSR count). The summed E-state index contributed by atoms with van der Waals surface area (Å²) in [5.74, 6) is 1.94. The van der Waals surface area contributed by atoms with Crippen LogP contribution in [0.3, 0.4) is 0 Å². The summed E-state index contributed by atoms with van der Waals surface area (Å²) in [5, 5.41) is 2.44. The second kappa shape index (κ2) is 14.3. The van der Waals surface area contributed by atoms with Crippen LogP contribution >= 0.6 is 10.0 Å². The van der Waals surface area contributed by atoms with Crippen LogP contribution in [0.2, 0.25) is 0 Å². The zero-order valence-electron chi connectivity index (χ0n) is 30.5. The van der Waals surface area contributed by atoms with E-state index in [-0.39, 0.29) is 0 Å². The van der Waals surface area contributed by atoms with E-state index in [2.05, 4.69) is 162 Å². The smallest absolute Gasteiger partial charge is 0.164 e. The molecule has 0 aliphatic rings. The summed E-state index contributed by atoms with van der Waals surface area (Å²) >= 11 is 0. The van der Waals surface area contributed by atoms with Crippen molar-refractivity contribution in [3.05, 3.63) is 218 Å². The molecule has 56 heavy (non-hydrogen) atoms. The first-order valence-electron chi connectivity index (χ1n) is 18.8. The first-order chi connectivity index (χ1) is 27.8. The molecule has 0 saturated carbocycles. The summed E-state index contributed by atoms with van der Waals surface area (Å²) in [6, 6.07) is 77.8. The third kappa shape index (κ3) is 5.77. The molecule has 0 unspecified atom stereocenters. The molecule has 2 heterocycles. The van der Waals surface area contributed by atoms with E-state index in [0.29, 0.717) is 17.5 Å². The number of para-hydroxylation sites is 1. The van der Waals surface area contributed by atoms with Crippen LogP contribution in [0.5, 0.6) is 0 Å². The fourth-order valence-corrected chi connectivity index (χ4v) is 11.7. The summed E-state index contributed by atoms with van der Waals surface area (Å²) in [6.07, 6.45) is 0. The van der Waals surface area contributed by atoms with E-state index >= 15 is 0 Å². The molecule has 266 valence electrons. The van der Waals surface area contributed by atoms with Gasteiger partial charge in [0.2, 0.25) is 0 Å². The average Bonchev–Trinajstić information content (AvgIpc) is 3.62. The molecule has 0 spiro atoms. The molecule has 0 aliphatic heterocycles. The molecular formula is C51H36N4S. The van der Waals surface area contributed by atoms with Gasteiger partial charge >= 0.3 is 0 Å². The molecule has 0 N–H and O–H groups in total. The van der Waals surface area contributed by atoms with Crippen molar-refractivity contribution < 1.29 is 0 Å². The largest absolute Gasteiger partial charge is 0.309 e. The molecule has 4 nitrogen and oxygen atoms in total. The van der Waals surface area contributed by atoms with E-state index in [0.717, 1.165) is 33.4 Å². The molecule has 5 heteroatoms. The van der Waals surface area contributed by atoms with Crippen LogP contribution in [0.4, 0.5) is 0 Å². The maximum atomic E-state index is 4.97. The number of fused-ring (bicyclic) bond motifs is 3. The SMILES string of the molecule is c1ccc(-c2nc(-c3ccccc3)nc(-c3ccc(-n4c5ccccc5c5cc(S(c6ccccc6)(c6ccccc6)c6ccccc6)ccc54)cc3)n2)cc1. The molecule has 8 aromatic carbocycles. The Balaban J connectivity index is 1.13. The molecule has 0 saturated heterocycles. The van der Waals surface area contributed by atoms with Gasteiger partial charge in [-0.1, -0.05) is 133 Å². The minimum absolute atomic E-state index is 0.637. The van der Waals surface area contributed by atoms with Crippen molar-refractivity contribution in [2.24, 2.45) is 0 Å². The molecule has 0 bridgehead atoms. The van der Waals surface area contributed by atoms with E-state index < -0.39 is 10.0 Å². The van der Waals surface area contributed by atoms with Crippen molar-refractivity contribution in [2.75, 3.05) is 0 Å². The third-order valence-electron chi connectivity index (χ3n) is 10.4. The number of hydrogen-bond donors (Lipinski definition) is 0. The molecule has 2 aromatic heterocycles. The van der Waals surface area contributed by atoms with Crippen molar-refractivity contribution in [3.8, 4) is 39.9 Å². The van der Waals surface area contributed by atoms with E-state index in [4.69, 9.17) is 15.0 Å². The summed E-state index contributed by atoms with van der Waals surface area (Å²) < 4.78 is 2.38. The lowest BCUT2D eigenvalue weighted by Gasteiger charge is -2.42. The van der Waals surface area contributed by atoms with Crippen LogP contribution in [0.1, 0.15) is 0 Å². The monoisotopic (exact) mass is 736 g/mol. The topological polar surface area (TPSA) is 43.6 Å². The molecule has 10 aromatic rings. The lowest BCUT2D eigenvalue weighted by molar-refractivity contribution is 1.07. The lowest BCUT2D eigenvalue weighted by Crippen LogP contribution is -2.05. The Hall–Kier alpha value is -7.08. The predicted molar refractivity (Wildman–Crippen MR) is 230 cm³/mol. The minimum atomic E-state index is -1.84. The highest BCUT2D eigenvalue weighted by molar-refractivity contribution is 8.34. The van der Waals surface area contributed by atoms with Gasteiger partial charge in [0.1, 0.15) is 0 Å². The molecule has 0 radical (unpaired) electrons. The number of hydrogen-bond acceptors (Lipinski definition) is 3. The highest BCUT2D eigenvalue weighted by atomic mass is 32.3. The van der Waals surface area contributed by atoms with Gasteiger partial charge in [-0.2, -0.15) is 0 Å². The van der Waals surface area contributed by atoms with Crippen molar-refractivity contribution in [3.63, 3.8) is 0 Å². The van der Waals surface area contributed by atoms with Gasteiger partial charge in [0.15, 0.2) is 17.5 Å². The highest BCUT2D eigenvalue weighted by Gasteiger charge is 2.33. The Morgan fingerprint density at radius 2 is 0.696 bits per heavy atom. The third-order valence-corrected chi connectivity index (χ3v) is 14.3. The van der Waals surface area contributed by atoms with Gasteiger partial charge in [-0.3, -0.25) is 0 Å². The molecule has 0 atom stereocenters. The maximum absolute atomic E-state index is 4.97. The van der Waals surface area contributed by atoms with Gasteiger partial charge < -0.3 is 4.57 Å². The van der Waals surface area contributed by atoms with E-state index in [1.165, 1.54) is 30.4 Å². The number of nitrogens with zero attached hydrogens (tertiary/aromatic N) is 4. The standard InChI is InChI=1S/C51H36N4S/c1-6-18-37(19-7-1)49-52-50(38-20-8-2-9-21-38)54-51(53-49)39-30-32-40(33-31-39)55-47-29-17-16-28-45(47)46-36-44(34-35-48(46)55)56(41-22-10-3-11-23-41,42-24-12-4-13-25-42)43-26-14-5-15-27-43/h1-36H. The second-order valence-corrected chi connectivity index (χ2v) is 16.8. The van der Waals surface area contributed by atoms with Crippen molar-refractivity contribution in [2.45, 2.75) is 19.6 Å².